The summed E-state index contributed by atoms with van der Waals surface area (Å²) in [4.78, 5) is 26.9. The van der Waals surface area contributed by atoms with Crippen molar-refractivity contribution in [1.82, 2.24) is 4.90 Å². The SMILES string of the molecule is Cc1cc(NC(=O)c2cccc(Cl)c2)ccc1NC(=O)CN1CCC[C@@H](C)C1. The van der Waals surface area contributed by atoms with Gasteiger partial charge in [-0.1, -0.05) is 24.6 Å². The molecule has 0 aliphatic carbocycles. The lowest BCUT2D eigenvalue weighted by molar-refractivity contribution is -0.117. The molecular weight excluding hydrogens is 374 g/mol. The fourth-order valence-electron chi connectivity index (χ4n) is 3.54. The molecule has 28 heavy (non-hydrogen) atoms. The van der Waals surface area contributed by atoms with Gasteiger partial charge >= 0.3 is 0 Å². The molecule has 1 heterocycles. The molecule has 6 heteroatoms. The molecule has 1 fully saturated rings. The summed E-state index contributed by atoms with van der Waals surface area (Å²) < 4.78 is 0. The number of carbonyl (C=O) groups excluding carboxylic acids is 2. The second-order valence-corrected chi connectivity index (χ2v) is 7.96. The summed E-state index contributed by atoms with van der Waals surface area (Å²) >= 11 is 5.94. The van der Waals surface area contributed by atoms with Crippen molar-refractivity contribution in [2.24, 2.45) is 5.92 Å². The number of nitrogens with zero attached hydrogens (tertiary/aromatic N) is 1. The average molecular weight is 400 g/mol. The van der Waals surface area contributed by atoms with Crippen LogP contribution in [0.2, 0.25) is 5.02 Å². The van der Waals surface area contributed by atoms with Crippen LogP contribution in [-0.4, -0.2) is 36.3 Å². The first-order chi connectivity index (χ1) is 13.4. The Balaban J connectivity index is 1.59. The molecule has 1 aliphatic heterocycles. The van der Waals surface area contributed by atoms with Crippen LogP contribution in [0.5, 0.6) is 0 Å². The molecule has 1 atom stereocenters. The summed E-state index contributed by atoms with van der Waals surface area (Å²) in [6.45, 7) is 6.50. The van der Waals surface area contributed by atoms with Gasteiger partial charge in [0.1, 0.15) is 0 Å². The molecule has 148 valence electrons. The van der Waals surface area contributed by atoms with Crippen LogP contribution in [0, 0.1) is 12.8 Å². The van der Waals surface area contributed by atoms with Crippen molar-refractivity contribution >= 4 is 34.8 Å². The molecule has 0 radical (unpaired) electrons. The lowest BCUT2D eigenvalue weighted by Gasteiger charge is -2.30. The third kappa shape index (κ3) is 5.57. The summed E-state index contributed by atoms with van der Waals surface area (Å²) in [6, 6.07) is 12.3. The maximum absolute atomic E-state index is 12.4. The summed E-state index contributed by atoms with van der Waals surface area (Å²) in [7, 11) is 0. The lowest BCUT2D eigenvalue weighted by atomic mass is 10.0. The van der Waals surface area contributed by atoms with Gasteiger partial charge in [0.2, 0.25) is 5.91 Å². The highest BCUT2D eigenvalue weighted by atomic mass is 35.5. The minimum Gasteiger partial charge on any atom is -0.325 e. The van der Waals surface area contributed by atoms with Crippen LogP contribution in [0.4, 0.5) is 11.4 Å². The molecule has 3 rings (SSSR count). The number of rotatable bonds is 5. The van der Waals surface area contributed by atoms with Gasteiger partial charge < -0.3 is 10.6 Å². The summed E-state index contributed by atoms with van der Waals surface area (Å²) in [5, 5.41) is 6.36. The molecule has 0 spiro atoms. The number of carbonyl (C=O) groups is 2. The van der Waals surface area contributed by atoms with Crippen LogP contribution in [-0.2, 0) is 4.79 Å². The molecule has 2 N–H and O–H groups in total. The molecule has 1 aliphatic rings. The highest BCUT2D eigenvalue weighted by Crippen LogP contribution is 2.21. The fraction of sp³-hybridized carbons (Fsp3) is 0.364. The van der Waals surface area contributed by atoms with E-state index in [1.807, 2.05) is 19.1 Å². The number of hydrogen-bond acceptors (Lipinski definition) is 3. The van der Waals surface area contributed by atoms with Crippen molar-refractivity contribution in [1.29, 1.82) is 0 Å². The van der Waals surface area contributed by atoms with Crippen molar-refractivity contribution in [3.63, 3.8) is 0 Å². The smallest absolute Gasteiger partial charge is 0.255 e. The predicted octanol–water partition coefficient (Wildman–Crippen LogP) is 4.57. The number of halogens is 1. The predicted molar refractivity (Wildman–Crippen MR) is 114 cm³/mol. The van der Waals surface area contributed by atoms with Crippen LogP contribution in [0.15, 0.2) is 42.5 Å². The van der Waals surface area contributed by atoms with Crippen molar-refractivity contribution < 1.29 is 9.59 Å². The van der Waals surface area contributed by atoms with Crippen LogP contribution < -0.4 is 10.6 Å². The highest BCUT2D eigenvalue weighted by molar-refractivity contribution is 6.31. The molecular formula is C22H26ClN3O2. The number of piperidine rings is 1. The first-order valence-corrected chi connectivity index (χ1v) is 9.98. The van der Waals surface area contributed by atoms with Gasteiger partial charge in [0.25, 0.3) is 5.91 Å². The number of hydrogen-bond donors (Lipinski definition) is 2. The van der Waals surface area contributed by atoms with Crippen molar-refractivity contribution in [2.45, 2.75) is 26.7 Å². The number of anilines is 2. The Kier molecular flexibility index (Phi) is 6.70. The average Bonchev–Trinajstić information content (AvgIpc) is 2.64. The van der Waals surface area contributed by atoms with Gasteiger partial charge in [0.05, 0.1) is 6.54 Å². The van der Waals surface area contributed by atoms with E-state index in [0.29, 0.717) is 28.7 Å². The number of nitrogens with one attached hydrogen (secondary N) is 2. The van der Waals surface area contributed by atoms with Gasteiger partial charge in [0.15, 0.2) is 0 Å². The number of benzene rings is 2. The molecule has 2 aromatic carbocycles. The standard InChI is InChI=1S/C22H26ClN3O2/c1-15-5-4-10-26(13-15)14-21(27)25-20-9-8-19(11-16(20)2)24-22(28)17-6-3-7-18(23)12-17/h3,6-9,11-12,15H,4-5,10,13-14H2,1-2H3,(H,24,28)(H,25,27)/t15-/m1/s1. The van der Waals surface area contributed by atoms with Gasteiger partial charge in [0, 0.05) is 28.5 Å². The van der Waals surface area contributed by atoms with E-state index < -0.39 is 0 Å². The van der Waals surface area contributed by atoms with E-state index in [2.05, 4.69) is 22.5 Å². The minimum absolute atomic E-state index is 0.00656. The Morgan fingerprint density at radius 1 is 1.18 bits per heavy atom. The van der Waals surface area contributed by atoms with E-state index in [-0.39, 0.29) is 11.8 Å². The summed E-state index contributed by atoms with van der Waals surface area (Å²) in [5.74, 6) is 0.413. The Labute approximate surface area is 171 Å². The zero-order valence-electron chi connectivity index (χ0n) is 16.3. The second kappa shape index (κ2) is 9.22. The van der Waals surface area contributed by atoms with Gasteiger partial charge in [-0.05, 0) is 74.2 Å². The third-order valence-electron chi connectivity index (χ3n) is 4.95. The van der Waals surface area contributed by atoms with E-state index >= 15 is 0 Å². The zero-order chi connectivity index (χ0) is 20.1. The molecule has 5 nitrogen and oxygen atoms in total. The van der Waals surface area contributed by atoms with E-state index in [1.165, 1.54) is 6.42 Å². The van der Waals surface area contributed by atoms with Crippen molar-refractivity contribution in [2.75, 3.05) is 30.3 Å². The Hall–Kier alpha value is -2.37. The molecule has 1 saturated heterocycles. The normalized spacial score (nSPS) is 17.2. The van der Waals surface area contributed by atoms with E-state index in [1.54, 1.807) is 30.3 Å². The molecule has 0 unspecified atom stereocenters. The summed E-state index contributed by atoms with van der Waals surface area (Å²) in [6.07, 6.45) is 2.38. The van der Waals surface area contributed by atoms with E-state index in [9.17, 15) is 9.59 Å². The van der Waals surface area contributed by atoms with Crippen LogP contribution in [0.25, 0.3) is 0 Å². The largest absolute Gasteiger partial charge is 0.325 e. The van der Waals surface area contributed by atoms with Crippen molar-refractivity contribution in [3.8, 4) is 0 Å². The van der Waals surface area contributed by atoms with Gasteiger partial charge in [-0.3, -0.25) is 14.5 Å². The van der Waals surface area contributed by atoms with Crippen LogP contribution in [0.3, 0.4) is 0 Å². The second-order valence-electron chi connectivity index (χ2n) is 7.52. The maximum Gasteiger partial charge on any atom is 0.255 e. The van der Waals surface area contributed by atoms with Crippen LogP contribution >= 0.6 is 11.6 Å². The molecule has 0 aromatic heterocycles. The number of aryl methyl sites for hydroxylation is 1. The zero-order valence-corrected chi connectivity index (χ0v) is 17.1. The first-order valence-electron chi connectivity index (χ1n) is 9.60. The maximum atomic E-state index is 12.4. The van der Waals surface area contributed by atoms with Crippen LogP contribution in [0.1, 0.15) is 35.7 Å². The Morgan fingerprint density at radius 2 is 2.00 bits per heavy atom. The van der Waals surface area contributed by atoms with Gasteiger partial charge in [-0.15, -0.1) is 0 Å². The highest BCUT2D eigenvalue weighted by Gasteiger charge is 2.19. The van der Waals surface area contributed by atoms with Gasteiger partial charge in [-0.25, -0.2) is 0 Å². The first kappa shape index (κ1) is 20.4. The Bertz CT molecular complexity index is 869. The van der Waals surface area contributed by atoms with Crippen molar-refractivity contribution in [3.05, 3.63) is 58.6 Å². The third-order valence-corrected chi connectivity index (χ3v) is 5.19. The minimum atomic E-state index is -0.224. The lowest BCUT2D eigenvalue weighted by Crippen LogP contribution is -2.39. The summed E-state index contributed by atoms with van der Waals surface area (Å²) in [5.41, 5.74) is 2.82. The quantitative estimate of drug-likeness (QED) is 0.774. The number of amides is 2. The Morgan fingerprint density at radius 3 is 2.71 bits per heavy atom. The monoisotopic (exact) mass is 399 g/mol. The molecule has 2 amide bonds. The van der Waals surface area contributed by atoms with E-state index in [0.717, 1.165) is 30.8 Å². The molecule has 0 bridgehead atoms. The van der Waals surface area contributed by atoms with E-state index in [4.69, 9.17) is 11.6 Å². The topological polar surface area (TPSA) is 61.4 Å². The molecule has 2 aromatic rings. The molecule has 0 saturated carbocycles. The number of likely N-dealkylation sites (tertiary alicyclic amines) is 1. The van der Waals surface area contributed by atoms with Gasteiger partial charge in [-0.2, -0.15) is 0 Å². The fourth-order valence-corrected chi connectivity index (χ4v) is 3.73.